The highest BCUT2D eigenvalue weighted by molar-refractivity contribution is 6.29. The fourth-order valence-corrected chi connectivity index (χ4v) is 1.59. The number of pyridine rings is 1. The average molecular weight is 278 g/mol. The molecule has 0 saturated heterocycles. The molecule has 98 valence electrons. The van der Waals surface area contributed by atoms with Crippen LogP contribution < -0.4 is 15.4 Å². The predicted molar refractivity (Wildman–Crippen MR) is 73.7 cm³/mol. The molecule has 19 heavy (non-hydrogen) atoms. The number of rotatable bonds is 3. The van der Waals surface area contributed by atoms with Crippen molar-refractivity contribution in [2.24, 2.45) is 5.73 Å². The van der Waals surface area contributed by atoms with Crippen LogP contribution in [0.25, 0.3) is 0 Å². The van der Waals surface area contributed by atoms with Crippen molar-refractivity contribution in [3.63, 3.8) is 0 Å². The highest BCUT2D eigenvalue weighted by Crippen LogP contribution is 2.23. The Hall–Kier alpha value is -2.27. The summed E-state index contributed by atoms with van der Waals surface area (Å²) in [5, 5.41) is 0.364. The SMILES string of the molecule is CN(C(N)=O)c1ccc(Oc2cccc(Cl)n2)cc1. The third-order valence-electron chi connectivity index (χ3n) is 2.47. The van der Waals surface area contributed by atoms with Crippen LogP contribution in [0, 0.1) is 0 Å². The van der Waals surface area contributed by atoms with E-state index in [1.54, 1.807) is 49.5 Å². The minimum atomic E-state index is -0.523. The van der Waals surface area contributed by atoms with Gasteiger partial charge in [-0.1, -0.05) is 17.7 Å². The number of ether oxygens (including phenoxy) is 1. The van der Waals surface area contributed by atoms with Gasteiger partial charge in [-0.15, -0.1) is 0 Å². The Morgan fingerprint density at radius 3 is 2.53 bits per heavy atom. The van der Waals surface area contributed by atoms with E-state index in [0.29, 0.717) is 22.5 Å². The molecule has 0 unspecified atom stereocenters. The molecule has 0 bridgehead atoms. The van der Waals surface area contributed by atoms with Gasteiger partial charge >= 0.3 is 6.03 Å². The fourth-order valence-electron chi connectivity index (χ4n) is 1.43. The van der Waals surface area contributed by atoms with Crippen LogP contribution >= 0.6 is 11.6 Å². The number of anilines is 1. The largest absolute Gasteiger partial charge is 0.439 e. The van der Waals surface area contributed by atoms with E-state index in [1.807, 2.05) is 0 Å². The first-order valence-electron chi connectivity index (χ1n) is 5.50. The van der Waals surface area contributed by atoms with E-state index in [1.165, 1.54) is 4.90 Å². The number of halogens is 1. The number of carbonyl (C=O) groups excluding carboxylic acids is 1. The number of hydrogen-bond donors (Lipinski definition) is 1. The van der Waals surface area contributed by atoms with Gasteiger partial charge in [0.1, 0.15) is 10.9 Å². The van der Waals surface area contributed by atoms with Gasteiger partial charge in [0.25, 0.3) is 0 Å². The van der Waals surface area contributed by atoms with Crippen LogP contribution in [-0.2, 0) is 0 Å². The predicted octanol–water partition coefficient (Wildman–Crippen LogP) is 3.04. The van der Waals surface area contributed by atoms with E-state index < -0.39 is 6.03 Å². The summed E-state index contributed by atoms with van der Waals surface area (Å²) in [7, 11) is 1.59. The second kappa shape index (κ2) is 5.58. The Morgan fingerprint density at radius 2 is 1.95 bits per heavy atom. The molecule has 5 nitrogen and oxygen atoms in total. The molecular formula is C13H12ClN3O2. The summed E-state index contributed by atoms with van der Waals surface area (Å²) in [5.74, 6) is 1.000. The summed E-state index contributed by atoms with van der Waals surface area (Å²) in [6, 6.07) is 11.5. The van der Waals surface area contributed by atoms with Gasteiger partial charge in [0.15, 0.2) is 0 Å². The van der Waals surface area contributed by atoms with E-state index in [9.17, 15) is 4.79 Å². The first-order valence-corrected chi connectivity index (χ1v) is 5.88. The molecule has 0 radical (unpaired) electrons. The number of amides is 2. The number of aromatic nitrogens is 1. The monoisotopic (exact) mass is 277 g/mol. The summed E-state index contributed by atoms with van der Waals surface area (Å²) in [6.45, 7) is 0. The summed E-state index contributed by atoms with van der Waals surface area (Å²) in [5.41, 5.74) is 5.86. The number of primary amides is 1. The molecule has 2 rings (SSSR count). The second-order valence-electron chi connectivity index (χ2n) is 3.79. The van der Waals surface area contributed by atoms with Crippen molar-refractivity contribution in [2.45, 2.75) is 0 Å². The summed E-state index contributed by atoms with van der Waals surface area (Å²) < 4.78 is 5.52. The maximum absolute atomic E-state index is 11.0. The molecule has 1 aromatic carbocycles. The Morgan fingerprint density at radius 1 is 1.26 bits per heavy atom. The van der Waals surface area contributed by atoms with Crippen LogP contribution in [-0.4, -0.2) is 18.1 Å². The minimum Gasteiger partial charge on any atom is -0.439 e. The normalized spacial score (nSPS) is 10.0. The molecule has 0 aliphatic rings. The minimum absolute atomic E-state index is 0.364. The molecule has 6 heteroatoms. The third-order valence-corrected chi connectivity index (χ3v) is 2.68. The zero-order chi connectivity index (χ0) is 13.8. The zero-order valence-electron chi connectivity index (χ0n) is 10.2. The maximum atomic E-state index is 11.0. The molecule has 1 aromatic heterocycles. The van der Waals surface area contributed by atoms with E-state index in [4.69, 9.17) is 22.1 Å². The lowest BCUT2D eigenvalue weighted by atomic mass is 10.3. The first kappa shape index (κ1) is 13.2. The maximum Gasteiger partial charge on any atom is 0.318 e. The third kappa shape index (κ3) is 3.35. The van der Waals surface area contributed by atoms with Crippen molar-refractivity contribution < 1.29 is 9.53 Å². The van der Waals surface area contributed by atoms with Gasteiger partial charge < -0.3 is 10.5 Å². The van der Waals surface area contributed by atoms with E-state index >= 15 is 0 Å². The first-order chi connectivity index (χ1) is 9.06. The summed E-state index contributed by atoms with van der Waals surface area (Å²) >= 11 is 5.76. The zero-order valence-corrected chi connectivity index (χ0v) is 11.0. The van der Waals surface area contributed by atoms with Crippen molar-refractivity contribution in [2.75, 3.05) is 11.9 Å². The Labute approximate surface area is 115 Å². The van der Waals surface area contributed by atoms with Gasteiger partial charge in [-0.25, -0.2) is 9.78 Å². The fraction of sp³-hybridized carbons (Fsp3) is 0.0769. The molecule has 0 aliphatic heterocycles. The summed E-state index contributed by atoms with van der Waals surface area (Å²) in [6.07, 6.45) is 0. The lowest BCUT2D eigenvalue weighted by Gasteiger charge is -2.14. The van der Waals surface area contributed by atoms with Crippen LogP contribution in [0.15, 0.2) is 42.5 Å². The number of urea groups is 1. The van der Waals surface area contributed by atoms with Crippen molar-refractivity contribution in [1.29, 1.82) is 0 Å². The Bertz CT molecular complexity index is 587. The molecule has 0 spiro atoms. The van der Waals surface area contributed by atoms with E-state index in [2.05, 4.69) is 4.98 Å². The number of hydrogen-bond acceptors (Lipinski definition) is 3. The lowest BCUT2D eigenvalue weighted by molar-refractivity contribution is 0.255. The van der Waals surface area contributed by atoms with Crippen LogP contribution in [0.5, 0.6) is 11.6 Å². The molecule has 0 saturated carbocycles. The van der Waals surface area contributed by atoms with E-state index in [-0.39, 0.29) is 0 Å². The Balaban J connectivity index is 2.13. The van der Waals surface area contributed by atoms with Crippen molar-refractivity contribution in [1.82, 2.24) is 4.98 Å². The molecule has 2 N–H and O–H groups in total. The number of nitrogens with two attached hydrogens (primary N) is 1. The Kier molecular flexibility index (Phi) is 3.87. The van der Waals surface area contributed by atoms with Gasteiger partial charge in [-0.05, 0) is 30.3 Å². The number of benzene rings is 1. The molecule has 0 fully saturated rings. The highest BCUT2D eigenvalue weighted by atomic mass is 35.5. The molecule has 2 aromatic rings. The molecule has 2 amide bonds. The number of carbonyl (C=O) groups is 1. The van der Waals surface area contributed by atoms with Crippen LogP contribution in [0.1, 0.15) is 0 Å². The van der Waals surface area contributed by atoms with Crippen LogP contribution in [0.3, 0.4) is 0 Å². The number of nitrogens with zero attached hydrogens (tertiary/aromatic N) is 2. The average Bonchev–Trinajstić information content (AvgIpc) is 2.39. The van der Waals surface area contributed by atoms with Crippen LogP contribution in [0.4, 0.5) is 10.5 Å². The van der Waals surface area contributed by atoms with E-state index in [0.717, 1.165) is 0 Å². The standard InChI is InChI=1S/C13H12ClN3O2/c1-17(13(15)18)9-5-7-10(8-6-9)19-12-4-2-3-11(14)16-12/h2-8H,1H3,(H2,15,18). The smallest absolute Gasteiger partial charge is 0.318 e. The molecular weight excluding hydrogens is 266 g/mol. The van der Waals surface area contributed by atoms with Gasteiger partial charge in [0.2, 0.25) is 5.88 Å². The second-order valence-corrected chi connectivity index (χ2v) is 4.18. The molecule has 0 aliphatic carbocycles. The van der Waals surface area contributed by atoms with Gasteiger partial charge in [0.05, 0.1) is 0 Å². The quantitative estimate of drug-likeness (QED) is 0.877. The van der Waals surface area contributed by atoms with Gasteiger partial charge in [-0.3, -0.25) is 4.90 Å². The lowest BCUT2D eigenvalue weighted by Crippen LogP contribution is -2.31. The molecule has 1 heterocycles. The topological polar surface area (TPSA) is 68.5 Å². The van der Waals surface area contributed by atoms with Crippen LogP contribution in [0.2, 0.25) is 5.15 Å². The highest BCUT2D eigenvalue weighted by Gasteiger charge is 2.06. The van der Waals surface area contributed by atoms with Gasteiger partial charge in [-0.2, -0.15) is 0 Å². The van der Waals surface area contributed by atoms with Gasteiger partial charge in [0, 0.05) is 18.8 Å². The molecule has 0 atom stereocenters. The summed E-state index contributed by atoms with van der Waals surface area (Å²) in [4.78, 5) is 16.4. The van der Waals surface area contributed by atoms with Crippen molar-refractivity contribution >= 4 is 23.3 Å². The van der Waals surface area contributed by atoms with Crippen molar-refractivity contribution in [3.8, 4) is 11.6 Å². The van der Waals surface area contributed by atoms with Crippen molar-refractivity contribution in [3.05, 3.63) is 47.6 Å².